The zero-order valence-electron chi connectivity index (χ0n) is 17.2. The van der Waals surface area contributed by atoms with E-state index in [2.05, 4.69) is 57.3 Å². The molecule has 0 aliphatic carbocycles. The van der Waals surface area contributed by atoms with Crippen LogP contribution in [0.5, 0.6) is 5.75 Å². The molecule has 6 nitrogen and oxygen atoms in total. The van der Waals surface area contributed by atoms with Crippen molar-refractivity contribution in [3.8, 4) is 11.4 Å². The van der Waals surface area contributed by atoms with E-state index in [0.717, 1.165) is 56.4 Å². The van der Waals surface area contributed by atoms with Gasteiger partial charge in [0.15, 0.2) is 5.96 Å². The van der Waals surface area contributed by atoms with Gasteiger partial charge in [-0.05, 0) is 47.7 Å². The predicted molar refractivity (Wildman–Crippen MR) is 131 cm³/mol. The zero-order chi connectivity index (χ0) is 19.9. The Morgan fingerprint density at radius 3 is 2.60 bits per heavy atom. The number of guanidine groups is 1. The molecule has 30 heavy (non-hydrogen) atoms. The van der Waals surface area contributed by atoms with Crippen LogP contribution in [-0.4, -0.2) is 42.5 Å². The summed E-state index contributed by atoms with van der Waals surface area (Å²) in [5.41, 5.74) is 4.91. The molecule has 7 heteroatoms. The predicted octanol–water partition coefficient (Wildman–Crippen LogP) is 3.38. The van der Waals surface area contributed by atoms with Gasteiger partial charge >= 0.3 is 0 Å². The molecule has 0 radical (unpaired) electrons. The second-order valence-electron chi connectivity index (χ2n) is 7.10. The van der Waals surface area contributed by atoms with Crippen LogP contribution in [0.2, 0.25) is 0 Å². The minimum absolute atomic E-state index is 0. The van der Waals surface area contributed by atoms with Crippen molar-refractivity contribution in [1.82, 2.24) is 20.4 Å². The van der Waals surface area contributed by atoms with Gasteiger partial charge in [0.05, 0.1) is 18.5 Å². The summed E-state index contributed by atoms with van der Waals surface area (Å²) < 4.78 is 7.48. The van der Waals surface area contributed by atoms with Gasteiger partial charge in [-0.1, -0.05) is 30.3 Å². The summed E-state index contributed by atoms with van der Waals surface area (Å²) in [6.45, 7) is 2.44. The Kier molecular flexibility index (Phi) is 8.12. The molecule has 0 saturated carbocycles. The number of para-hydroxylation sites is 1. The van der Waals surface area contributed by atoms with E-state index >= 15 is 0 Å². The normalized spacial score (nSPS) is 12.6. The molecule has 1 aromatic heterocycles. The molecule has 0 spiro atoms. The van der Waals surface area contributed by atoms with Gasteiger partial charge in [0.25, 0.3) is 0 Å². The molecule has 0 bridgehead atoms. The number of ether oxygens (including phenoxy) is 1. The van der Waals surface area contributed by atoms with Crippen molar-refractivity contribution < 1.29 is 4.74 Å². The fourth-order valence-corrected chi connectivity index (χ4v) is 3.48. The van der Waals surface area contributed by atoms with Gasteiger partial charge in [0.2, 0.25) is 0 Å². The van der Waals surface area contributed by atoms with E-state index in [-0.39, 0.29) is 24.0 Å². The number of hydrogen-bond donors (Lipinski definition) is 2. The molecule has 4 rings (SSSR count). The first-order valence-corrected chi connectivity index (χ1v) is 10.1. The largest absolute Gasteiger partial charge is 0.493 e. The highest BCUT2D eigenvalue weighted by Crippen LogP contribution is 2.25. The van der Waals surface area contributed by atoms with Gasteiger partial charge < -0.3 is 15.4 Å². The highest BCUT2D eigenvalue weighted by Gasteiger charge is 2.11. The van der Waals surface area contributed by atoms with Gasteiger partial charge in [-0.2, -0.15) is 5.10 Å². The van der Waals surface area contributed by atoms with Crippen molar-refractivity contribution in [3.63, 3.8) is 0 Å². The lowest BCUT2D eigenvalue weighted by molar-refractivity contribution is 0.357. The fraction of sp³-hybridized carbons (Fsp3) is 0.304. The van der Waals surface area contributed by atoms with Crippen molar-refractivity contribution in [2.45, 2.75) is 19.3 Å². The van der Waals surface area contributed by atoms with Crippen LogP contribution < -0.4 is 15.4 Å². The fourth-order valence-electron chi connectivity index (χ4n) is 3.48. The summed E-state index contributed by atoms with van der Waals surface area (Å²) in [5.74, 6) is 1.86. The van der Waals surface area contributed by atoms with Gasteiger partial charge in [-0.3, -0.25) is 4.99 Å². The molecule has 1 aliphatic heterocycles. The van der Waals surface area contributed by atoms with Crippen molar-refractivity contribution in [3.05, 3.63) is 77.6 Å². The van der Waals surface area contributed by atoms with Crippen molar-refractivity contribution >= 4 is 29.9 Å². The van der Waals surface area contributed by atoms with Gasteiger partial charge in [-0.15, -0.1) is 24.0 Å². The minimum atomic E-state index is 0. The molecular weight excluding hydrogens is 489 g/mol. The second kappa shape index (κ2) is 11.0. The monoisotopic (exact) mass is 517 g/mol. The Hall–Kier alpha value is -2.55. The number of hydrogen-bond acceptors (Lipinski definition) is 3. The molecule has 0 amide bonds. The maximum absolute atomic E-state index is 5.57. The molecule has 1 aliphatic rings. The first kappa shape index (κ1) is 22.1. The van der Waals surface area contributed by atoms with Crippen LogP contribution in [0.3, 0.4) is 0 Å². The first-order chi connectivity index (χ1) is 14.3. The van der Waals surface area contributed by atoms with E-state index in [1.165, 1.54) is 16.7 Å². The maximum atomic E-state index is 5.57. The minimum Gasteiger partial charge on any atom is -0.493 e. The van der Waals surface area contributed by atoms with Crippen LogP contribution in [0, 0.1) is 0 Å². The number of nitrogens with zero attached hydrogens (tertiary/aromatic N) is 3. The lowest BCUT2D eigenvalue weighted by atomic mass is 10.1. The number of aromatic nitrogens is 2. The van der Waals surface area contributed by atoms with Crippen LogP contribution in [-0.2, 0) is 19.3 Å². The van der Waals surface area contributed by atoms with E-state index < -0.39 is 0 Å². The highest BCUT2D eigenvalue weighted by atomic mass is 127. The Labute approximate surface area is 194 Å². The topological polar surface area (TPSA) is 63.5 Å². The molecule has 2 aromatic carbocycles. The summed E-state index contributed by atoms with van der Waals surface area (Å²) in [6.07, 6.45) is 6.85. The SMILES string of the molecule is CN=C(NCCc1ccc2c(c1)CCO2)NCCc1cnn(-c2ccccc2)c1.I. The van der Waals surface area contributed by atoms with Crippen LogP contribution in [0.15, 0.2) is 65.9 Å². The number of halogens is 1. The van der Waals surface area contributed by atoms with E-state index in [9.17, 15) is 0 Å². The van der Waals surface area contributed by atoms with Gasteiger partial charge in [0, 0.05) is 32.8 Å². The van der Waals surface area contributed by atoms with Crippen molar-refractivity contribution in [1.29, 1.82) is 0 Å². The summed E-state index contributed by atoms with van der Waals surface area (Å²) >= 11 is 0. The van der Waals surface area contributed by atoms with E-state index in [1.807, 2.05) is 29.1 Å². The lowest BCUT2D eigenvalue weighted by Gasteiger charge is -2.12. The van der Waals surface area contributed by atoms with E-state index in [0.29, 0.717) is 0 Å². The molecule has 3 aromatic rings. The van der Waals surface area contributed by atoms with Crippen molar-refractivity contribution in [2.24, 2.45) is 4.99 Å². The molecule has 0 saturated heterocycles. The van der Waals surface area contributed by atoms with E-state index in [4.69, 9.17) is 4.74 Å². The van der Waals surface area contributed by atoms with Crippen LogP contribution >= 0.6 is 24.0 Å². The zero-order valence-corrected chi connectivity index (χ0v) is 19.5. The summed E-state index contributed by atoms with van der Waals surface area (Å²) in [6, 6.07) is 16.6. The average molecular weight is 517 g/mol. The summed E-state index contributed by atoms with van der Waals surface area (Å²) in [7, 11) is 1.80. The molecule has 0 fully saturated rings. The average Bonchev–Trinajstić information content (AvgIpc) is 3.42. The third kappa shape index (κ3) is 5.75. The maximum Gasteiger partial charge on any atom is 0.190 e. The molecule has 0 atom stereocenters. The number of nitrogens with one attached hydrogen (secondary N) is 2. The number of fused-ring (bicyclic) bond motifs is 1. The van der Waals surface area contributed by atoms with Crippen LogP contribution in [0.1, 0.15) is 16.7 Å². The second-order valence-corrected chi connectivity index (χ2v) is 7.10. The van der Waals surface area contributed by atoms with E-state index in [1.54, 1.807) is 7.05 Å². The summed E-state index contributed by atoms with van der Waals surface area (Å²) in [5, 5.41) is 11.2. The third-order valence-electron chi connectivity index (χ3n) is 5.05. The molecule has 0 unspecified atom stereocenters. The standard InChI is InChI=1S/C23H27N5O.HI/c1-24-23(25-12-9-18-7-8-22-20(15-18)11-14-29-22)26-13-10-19-16-27-28(17-19)21-5-3-2-4-6-21;/h2-8,15-17H,9-14H2,1H3,(H2,24,25,26);1H. The first-order valence-electron chi connectivity index (χ1n) is 10.1. The quantitative estimate of drug-likeness (QED) is 0.287. The number of aliphatic imine (C=N–C) groups is 1. The number of rotatable bonds is 7. The molecule has 2 N–H and O–H groups in total. The molecular formula is C23H28IN5O. The van der Waals surface area contributed by atoms with Crippen molar-refractivity contribution in [2.75, 3.05) is 26.7 Å². The number of benzene rings is 2. The van der Waals surface area contributed by atoms with Gasteiger partial charge in [-0.25, -0.2) is 4.68 Å². The smallest absolute Gasteiger partial charge is 0.190 e. The Balaban J connectivity index is 0.00000256. The molecule has 158 valence electrons. The molecule has 2 heterocycles. The summed E-state index contributed by atoms with van der Waals surface area (Å²) in [4.78, 5) is 4.31. The third-order valence-corrected chi connectivity index (χ3v) is 5.05. The van der Waals surface area contributed by atoms with Gasteiger partial charge in [0.1, 0.15) is 5.75 Å². The van der Waals surface area contributed by atoms with Crippen LogP contribution in [0.4, 0.5) is 0 Å². The Bertz CT molecular complexity index is 971. The highest BCUT2D eigenvalue weighted by molar-refractivity contribution is 14.0. The lowest BCUT2D eigenvalue weighted by Crippen LogP contribution is -2.39. The Morgan fingerprint density at radius 2 is 1.83 bits per heavy atom. The van der Waals surface area contributed by atoms with Crippen LogP contribution in [0.25, 0.3) is 5.69 Å². The Morgan fingerprint density at radius 1 is 1.07 bits per heavy atom.